The molecule has 1 aromatic carbocycles. The fourth-order valence-electron chi connectivity index (χ4n) is 1.38. The Morgan fingerprint density at radius 2 is 1.89 bits per heavy atom. The Hall–Kier alpha value is -2.24. The van der Waals surface area contributed by atoms with Crippen molar-refractivity contribution < 1.29 is 22.6 Å². The van der Waals surface area contributed by atoms with Crippen molar-refractivity contribution in [2.24, 2.45) is 0 Å². The molecule has 0 unspecified atom stereocenters. The second-order valence-corrected chi connectivity index (χ2v) is 3.60. The highest BCUT2D eigenvalue weighted by Crippen LogP contribution is 2.34. The quantitative estimate of drug-likeness (QED) is 0.846. The molecule has 0 aliphatic heterocycles. The van der Waals surface area contributed by atoms with Gasteiger partial charge < -0.3 is 9.47 Å². The normalized spacial score (nSPS) is 11.2. The van der Waals surface area contributed by atoms with Gasteiger partial charge in [0.25, 0.3) is 0 Å². The number of halogens is 3. The topological polar surface area (TPSA) is 31.4 Å². The lowest BCUT2D eigenvalue weighted by Crippen LogP contribution is -2.17. The van der Waals surface area contributed by atoms with Gasteiger partial charge in [0.05, 0.1) is 5.69 Å². The molecule has 6 heteroatoms. The molecule has 0 saturated heterocycles. The van der Waals surface area contributed by atoms with Gasteiger partial charge in [0, 0.05) is 12.3 Å². The number of ether oxygens (including phenoxy) is 2. The maximum atomic E-state index is 12.2. The van der Waals surface area contributed by atoms with Gasteiger partial charge in [-0.1, -0.05) is 12.1 Å². The second kappa shape index (κ2) is 5.17. The first-order valence-electron chi connectivity index (χ1n) is 5.31. The summed E-state index contributed by atoms with van der Waals surface area (Å²) >= 11 is 0. The van der Waals surface area contributed by atoms with Crippen molar-refractivity contribution in [1.29, 1.82) is 0 Å². The van der Waals surface area contributed by atoms with E-state index in [1.807, 2.05) is 0 Å². The van der Waals surface area contributed by atoms with Gasteiger partial charge in [-0.05, 0) is 25.1 Å². The smallest absolute Gasteiger partial charge is 0.451 e. The van der Waals surface area contributed by atoms with Crippen molar-refractivity contribution in [3.05, 3.63) is 48.3 Å². The van der Waals surface area contributed by atoms with Crippen LogP contribution < -0.4 is 9.47 Å². The number of aryl methyl sites for hydroxylation is 1. The van der Waals surface area contributed by atoms with Crippen LogP contribution in [0.15, 0.2) is 36.5 Å². The van der Waals surface area contributed by atoms with E-state index in [-0.39, 0.29) is 5.75 Å². The van der Waals surface area contributed by atoms with Gasteiger partial charge in [0.1, 0.15) is 5.75 Å². The lowest BCUT2D eigenvalue weighted by molar-refractivity contribution is -0.275. The van der Waals surface area contributed by atoms with Crippen molar-refractivity contribution in [1.82, 2.24) is 4.98 Å². The van der Waals surface area contributed by atoms with Crippen LogP contribution in [0.5, 0.6) is 17.2 Å². The predicted octanol–water partition coefficient (Wildman–Crippen LogP) is 3.88. The van der Waals surface area contributed by atoms with Crippen molar-refractivity contribution in [2.75, 3.05) is 0 Å². The number of aromatic nitrogens is 1. The molecule has 1 heterocycles. The molecule has 0 aliphatic carbocycles. The molecule has 0 fully saturated rings. The molecule has 99 valence electrons. The summed E-state index contributed by atoms with van der Waals surface area (Å²) in [6, 6.07) is 9.75. The first-order chi connectivity index (χ1) is 8.96. The van der Waals surface area contributed by atoms with Crippen LogP contribution in [0.25, 0.3) is 0 Å². The van der Waals surface area contributed by atoms with Gasteiger partial charge in [-0.3, -0.25) is 4.98 Å². The number of para-hydroxylation sites is 1. The first kappa shape index (κ1) is 13.2. The average Bonchev–Trinajstić information content (AvgIpc) is 2.33. The van der Waals surface area contributed by atoms with E-state index in [2.05, 4.69) is 15.8 Å². The second-order valence-electron chi connectivity index (χ2n) is 3.60. The monoisotopic (exact) mass is 268 g/mol. The van der Waals surface area contributed by atoms with Crippen molar-refractivity contribution in [3.63, 3.8) is 0 Å². The molecule has 0 atom stereocenters. The molecule has 3 nitrogen and oxygen atoms in total. The fourth-order valence-corrected chi connectivity index (χ4v) is 1.38. The minimum atomic E-state index is -4.78. The van der Waals surface area contributed by atoms with Gasteiger partial charge in [-0.2, -0.15) is 0 Å². The Balaban J connectivity index is 2.28. The molecule has 0 saturated carbocycles. The van der Waals surface area contributed by atoms with Crippen LogP contribution in [0, 0.1) is 13.0 Å². The summed E-state index contributed by atoms with van der Waals surface area (Å²) < 4.78 is 45.9. The summed E-state index contributed by atoms with van der Waals surface area (Å²) in [5, 5.41) is 0. The van der Waals surface area contributed by atoms with Crippen LogP contribution in [-0.4, -0.2) is 11.3 Å². The van der Waals surface area contributed by atoms with Gasteiger partial charge in [-0.25, -0.2) is 0 Å². The Bertz CT molecular complexity index is 570. The van der Waals surface area contributed by atoms with E-state index >= 15 is 0 Å². The fraction of sp³-hybridized carbons (Fsp3) is 0.154. The molecular formula is C13H9F3NO2. The van der Waals surface area contributed by atoms with E-state index in [0.717, 1.165) is 6.07 Å². The van der Waals surface area contributed by atoms with E-state index in [4.69, 9.17) is 4.74 Å². The van der Waals surface area contributed by atoms with Gasteiger partial charge in [-0.15, -0.1) is 13.2 Å². The molecule has 0 spiro atoms. The minimum Gasteiger partial charge on any atom is -0.451 e. The average molecular weight is 268 g/mol. The molecule has 0 bridgehead atoms. The zero-order valence-corrected chi connectivity index (χ0v) is 9.86. The number of hydrogen-bond donors (Lipinski definition) is 0. The molecule has 1 aromatic heterocycles. The summed E-state index contributed by atoms with van der Waals surface area (Å²) in [4.78, 5) is 3.98. The predicted molar refractivity (Wildman–Crippen MR) is 61.0 cm³/mol. The van der Waals surface area contributed by atoms with Crippen LogP contribution in [0.4, 0.5) is 13.2 Å². The van der Waals surface area contributed by atoms with E-state index in [0.29, 0.717) is 11.4 Å². The lowest BCUT2D eigenvalue weighted by atomic mass is 10.3. The zero-order chi connectivity index (χ0) is 13.9. The van der Waals surface area contributed by atoms with Gasteiger partial charge in [0.15, 0.2) is 11.5 Å². The third-order valence-corrected chi connectivity index (χ3v) is 2.18. The van der Waals surface area contributed by atoms with E-state index in [1.165, 1.54) is 12.1 Å². The number of rotatable bonds is 3. The summed E-state index contributed by atoms with van der Waals surface area (Å²) in [6.07, 6.45) is -3.22. The lowest BCUT2D eigenvalue weighted by Gasteiger charge is -2.13. The number of hydrogen-bond acceptors (Lipinski definition) is 3. The number of alkyl halides is 3. The van der Waals surface area contributed by atoms with Crippen molar-refractivity contribution in [2.45, 2.75) is 13.3 Å². The highest BCUT2D eigenvalue weighted by Gasteiger charge is 2.32. The summed E-state index contributed by atoms with van der Waals surface area (Å²) in [7, 11) is 0. The number of pyridine rings is 1. The van der Waals surface area contributed by atoms with E-state index in [1.54, 1.807) is 25.3 Å². The van der Waals surface area contributed by atoms with Gasteiger partial charge >= 0.3 is 6.36 Å². The number of benzene rings is 1. The minimum absolute atomic E-state index is 0.143. The highest BCUT2D eigenvalue weighted by molar-refractivity contribution is 5.42. The third-order valence-electron chi connectivity index (χ3n) is 2.18. The number of nitrogens with zero attached hydrogens (tertiary/aromatic N) is 1. The SMILES string of the molecule is Cc1ncccc1Oc1[c]cccc1OC(F)(F)F. The van der Waals surface area contributed by atoms with Crippen molar-refractivity contribution >= 4 is 0 Å². The van der Waals surface area contributed by atoms with Crippen molar-refractivity contribution in [3.8, 4) is 17.2 Å². The Labute approximate surface area is 107 Å². The maximum Gasteiger partial charge on any atom is 0.573 e. The molecule has 19 heavy (non-hydrogen) atoms. The third kappa shape index (κ3) is 3.61. The molecule has 0 N–H and O–H groups in total. The highest BCUT2D eigenvalue weighted by atomic mass is 19.4. The molecule has 2 aromatic rings. The van der Waals surface area contributed by atoms with Crippen LogP contribution in [0.3, 0.4) is 0 Å². The van der Waals surface area contributed by atoms with Crippen LogP contribution >= 0.6 is 0 Å². The first-order valence-corrected chi connectivity index (χ1v) is 5.31. The Morgan fingerprint density at radius 3 is 2.58 bits per heavy atom. The molecule has 2 rings (SSSR count). The Morgan fingerprint density at radius 1 is 1.16 bits per heavy atom. The maximum absolute atomic E-state index is 12.2. The van der Waals surface area contributed by atoms with Crippen LogP contribution in [-0.2, 0) is 0 Å². The van der Waals surface area contributed by atoms with E-state index in [9.17, 15) is 13.2 Å². The van der Waals surface area contributed by atoms with Crippen LogP contribution in [0.1, 0.15) is 5.69 Å². The molecule has 0 aliphatic rings. The summed E-state index contributed by atoms with van der Waals surface area (Å²) in [5.74, 6) is -0.244. The summed E-state index contributed by atoms with van der Waals surface area (Å²) in [6.45, 7) is 1.68. The Kier molecular flexibility index (Phi) is 3.59. The molecule has 0 amide bonds. The van der Waals surface area contributed by atoms with E-state index < -0.39 is 12.1 Å². The summed E-state index contributed by atoms with van der Waals surface area (Å²) in [5.41, 5.74) is 0.553. The molecular weight excluding hydrogens is 259 g/mol. The van der Waals surface area contributed by atoms with Crippen LogP contribution in [0.2, 0.25) is 0 Å². The molecule has 1 radical (unpaired) electrons. The van der Waals surface area contributed by atoms with Gasteiger partial charge in [0.2, 0.25) is 0 Å². The largest absolute Gasteiger partial charge is 0.573 e. The zero-order valence-electron chi connectivity index (χ0n) is 9.86. The standard InChI is InChI=1S/C13H9F3NO2/c1-9-10(7-4-8-17-9)18-11-5-2-3-6-12(11)19-13(14,15)16/h2-4,6-8H,1H3.